The summed E-state index contributed by atoms with van der Waals surface area (Å²) in [6.07, 6.45) is 0. The molecule has 2 N–H and O–H groups in total. The topological polar surface area (TPSA) is 29.3 Å². The average Bonchev–Trinajstić information content (AvgIpc) is 2.39. The zero-order valence-electron chi connectivity index (χ0n) is 9.81. The number of hydrogen-bond acceptors (Lipinski definition) is 2. The van der Waals surface area contributed by atoms with E-state index in [1.807, 2.05) is 4.90 Å². The Morgan fingerprint density at radius 3 is 1.50 bits per heavy atom. The van der Waals surface area contributed by atoms with Crippen LogP contribution in [0, 0.1) is 11.6 Å². The summed E-state index contributed by atoms with van der Waals surface area (Å²) in [7, 11) is 0. The number of benzene rings is 2. The van der Waals surface area contributed by atoms with Crippen LogP contribution in [0.15, 0.2) is 48.5 Å². The normalized spacial score (nSPS) is 10.4. The Balaban J connectivity index is 2.33. The van der Waals surface area contributed by atoms with E-state index >= 15 is 0 Å². The molecule has 0 amide bonds. The maximum Gasteiger partial charge on any atom is 0.123 e. The van der Waals surface area contributed by atoms with Gasteiger partial charge in [0.05, 0.1) is 0 Å². The molecule has 2 rings (SSSR count). The zero-order chi connectivity index (χ0) is 13.0. The molecule has 0 spiro atoms. The van der Waals surface area contributed by atoms with Crippen LogP contribution in [0.25, 0.3) is 0 Å². The number of rotatable bonds is 4. The lowest BCUT2D eigenvalue weighted by molar-refractivity contribution is 0.627. The van der Waals surface area contributed by atoms with Gasteiger partial charge in [0.25, 0.3) is 0 Å². The van der Waals surface area contributed by atoms with Gasteiger partial charge in [-0.05, 0) is 48.5 Å². The lowest BCUT2D eigenvalue weighted by atomic mass is 10.2. The van der Waals surface area contributed by atoms with Crippen molar-refractivity contribution in [2.45, 2.75) is 0 Å². The number of anilines is 2. The highest BCUT2D eigenvalue weighted by molar-refractivity contribution is 5.63. The van der Waals surface area contributed by atoms with Crippen molar-refractivity contribution in [3.05, 3.63) is 60.2 Å². The fourth-order valence-corrected chi connectivity index (χ4v) is 1.78. The largest absolute Gasteiger partial charge is 0.340 e. The molecule has 0 aliphatic heterocycles. The number of nitrogens with two attached hydrogens (primary N) is 1. The summed E-state index contributed by atoms with van der Waals surface area (Å²) in [6.45, 7) is 1.03. The highest BCUT2D eigenvalue weighted by Crippen LogP contribution is 2.25. The first-order valence-corrected chi connectivity index (χ1v) is 5.69. The molecule has 0 aliphatic carbocycles. The summed E-state index contributed by atoms with van der Waals surface area (Å²) in [6, 6.07) is 12.3. The van der Waals surface area contributed by atoms with Crippen LogP contribution in [0.2, 0.25) is 0 Å². The van der Waals surface area contributed by atoms with Crippen molar-refractivity contribution in [3.63, 3.8) is 0 Å². The highest BCUT2D eigenvalue weighted by Gasteiger charge is 2.08. The van der Waals surface area contributed by atoms with Crippen LogP contribution in [0.3, 0.4) is 0 Å². The standard InChI is InChI=1S/C14H14F2N2/c15-11-1-5-13(6-2-11)18(10-9-17)14-7-3-12(16)4-8-14/h1-8H,9-10,17H2. The van der Waals surface area contributed by atoms with Crippen LogP contribution >= 0.6 is 0 Å². The first-order valence-electron chi connectivity index (χ1n) is 5.69. The van der Waals surface area contributed by atoms with Crippen molar-refractivity contribution < 1.29 is 8.78 Å². The van der Waals surface area contributed by atoms with Crippen molar-refractivity contribution in [2.75, 3.05) is 18.0 Å². The molecule has 4 heteroatoms. The van der Waals surface area contributed by atoms with Gasteiger partial charge < -0.3 is 10.6 Å². The lowest BCUT2D eigenvalue weighted by Gasteiger charge is -2.24. The van der Waals surface area contributed by atoms with Gasteiger partial charge in [-0.3, -0.25) is 0 Å². The van der Waals surface area contributed by atoms with Gasteiger partial charge in [0, 0.05) is 24.5 Å². The van der Waals surface area contributed by atoms with Gasteiger partial charge in [-0.15, -0.1) is 0 Å². The van der Waals surface area contributed by atoms with Crippen molar-refractivity contribution in [1.29, 1.82) is 0 Å². The molecule has 0 aromatic heterocycles. The van der Waals surface area contributed by atoms with Crippen LogP contribution in [0.5, 0.6) is 0 Å². The Morgan fingerprint density at radius 1 is 0.778 bits per heavy atom. The van der Waals surface area contributed by atoms with Gasteiger partial charge in [0.15, 0.2) is 0 Å². The quantitative estimate of drug-likeness (QED) is 0.901. The van der Waals surface area contributed by atoms with Gasteiger partial charge in [0.2, 0.25) is 0 Å². The Bertz CT molecular complexity index is 449. The number of hydrogen-bond donors (Lipinski definition) is 1. The monoisotopic (exact) mass is 248 g/mol. The molecule has 2 nitrogen and oxygen atoms in total. The minimum atomic E-state index is -0.287. The van der Waals surface area contributed by atoms with E-state index in [4.69, 9.17) is 5.73 Å². The first kappa shape index (κ1) is 12.5. The van der Waals surface area contributed by atoms with Crippen LogP contribution < -0.4 is 10.6 Å². The minimum absolute atomic E-state index is 0.287. The molecule has 0 bridgehead atoms. The smallest absolute Gasteiger partial charge is 0.123 e. The third-order valence-corrected chi connectivity index (χ3v) is 2.63. The van der Waals surface area contributed by atoms with E-state index in [1.165, 1.54) is 24.3 Å². The van der Waals surface area contributed by atoms with Crippen molar-refractivity contribution in [3.8, 4) is 0 Å². The van der Waals surface area contributed by atoms with E-state index in [0.29, 0.717) is 13.1 Å². The molecule has 0 saturated heterocycles. The maximum absolute atomic E-state index is 12.9. The predicted octanol–water partition coefficient (Wildman–Crippen LogP) is 3.06. The maximum atomic E-state index is 12.9. The van der Waals surface area contributed by atoms with Crippen LogP contribution in [-0.4, -0.2) is 13.1 Å². The van der Waals surface area contributed by atoms with E-state index in [-0.39, 0.29) is 11.6 Å². The molecule has 0 fully saturated rings. The molecule has 0 aliphatic rings. The van der Waals surface area contributed by atoms with E-state index < -0.39 is 0 Å². The van der Waals surface area contributed by atoms with Crippen LogP contribution in [0.1, 0.15) is 0 Å². The average molecular weight is 248 g/mol. The van der Waals surface area contributed by atoms with Crippen molar-refractivity contribution in [2.24, 2.45) is 5.73 Å². The molecule has 0 atom stereocenters. The second-order valence-corrected chi connectivity index (χ2v) is 3.89. The van der Waals surface area contributed by atoms with E-state index in [9.17, 15) is 8.78 Å². The lowest BCUT2D eigenvalue weighted by Crippen LogP contribution is -2.24. The molecule has 2 aromatic rings. The molecule has 94 valence electrons. The molecule has 0 unspecified atom stereocenters. The third-order valence-electron chi connectivity index (χ3n) is 2.63. The molecule has 0 saturated carbocycles. The Morgan fingerprint density at radius 2 is 1.17 bits per heavy atom. The predicted molar refractivity (Wildman–Crippen MR) is 68.9 cm³/mol. The van der Waals surface area contributed by atoms with Gasteiger partial charge in [-0.1, -0.05) is 0 Å². The van der Waals surface area contributed by atoms with Gasteiger partial charge in [-0.25, -0.2) is 8.78 Å². The summed E-state index contributed by atoms with van der Waals surface area (Å²) in [5.41, 5.74) is 7.23. The second-order valence-electron chi connectivity index (χ2n) is 3.89. The van der Waals surface area contributed by atoms with Crippen molar-refractivity contribution >= 4 is 11.4 Å². The zero-order valence-corrected chi connectivity index (χ0v) is 9.81. The summed E-state index contributed by atoms with van der Waals surface area (Å²) in [4.78, 5) is 1.92. The summed E-state index contributed by atoms with van der Waals surface area (Å²) in [5, 5.41) is 0. The molecular formula is C14H14F2N2. The summed E-state index contributed by atoms with van der Waals surface area (Å²) < 4.78 is 25.8. The van der Waals surface area contributed by atoms with E-state index in [1.54, 1.807) is 24.3 Å². The summed E-state index contributed by atoms with van der Waals surface area (Å²) in [5.74, 6) is -0.573. The molecule has 2 aromatic carbocycles. The number of halogens is 2. The Kier molecular flexibility index (Phi) is 3.89. The highest BCUT2D eigenvalue weighted by atomic mass is 19.1. The van der Waals surface area contributed by atoms with E-state index in [2.05, 4.69) is 0 Å². The van der Waals surface area contributed by atoms with E-state index in [0.717, 1.165) is 11.4 Å². The third kappa shape index (κ3) is 2.84. The molecular weight excluding hydrogens is 234 g/mol. The fourth-order valence-electron chi connectivity index (χ4n) is 1.78. The minimum Gasteiger partial charge on any atom is -0.340 e. The Labute approximate surface area is 105 Å². The molecule has 18 heavy (non-hydrogen) atoms. The second kappa shape index (κ2) is 5.60. The van der Waals surface area contributed by atoms with Crippen LogP contribution in [0.4, 0.5) is 20.2 Å². The molecule has 0 heterocycles. The van der Waals surface area contributed by atoms with Crippen LogP contribution in [-0.2, 0) is 0 Å². The SMILES string of the molecule is NCCN(c1ccc(F)cc1)c1ccc(F)cc1. The van der Waals surface area contributed by atoms with Crippen molar-refractivity contribution in [1.82, 2.24) is 0 Å². The molecule has 0 radical (unpaired) electrons. The van der Waals surface area contributed by atoms with Gasteiger partial charge in [-0.2, -0.15) is 0 Å². The summed E-state index contributed by atoms with van der Waals surface area (Å²) >= 11 is 0. The number of nitrogens with zero attached hydrogens (tertiary/aromatic N) is 1. The first-order chi connectivity index (χ1) is 8.70. The van der Waals surface area contributed by atoms with Gasteiger partial charge >= 0.3 is 0 Å². The Hall–Kier alpha value is -1.94. The fraction of sp³-hybridized carbons (Fsp3) is 0.143. The van der Waals surface area contributed by atoms with Gasteiger partial charge in [0.1, 0.15) is 11.6 Å².